The van der Waals surface area contributed by atoms with Crippen molar-refractivity contribution in [3.05, 3.63) is 110 Å². The van der Waals surface area contributed by atoms with Crippen molar-refractivity contribution in [3.63, 3.8) is 0 Å². The first-order valence-electron chi connectivity index (χ1n) is 12.3. The Hall–Kier alpha value is -5.10. The highest BCUT2D eigenvalue weighted by molar-refractivity contribution is 5.91. The van der Waals surface area contributed by atoms with E-state index in [1.165, 1.54) is 0 Å². The van der Waals surface area contributed by atoms with Crippen LogP contribution in [-0.4, -0.2) is 24.2 Å². The first-order chi connectivity index (χ1) is 18.8. The van der Waals surface area contributed by atoms with Crippen LogP contribution in [0.5, 0.6) is 23.0 Å². The molecular weight excluding hydrogens is 492 g/mol. The van der Waals surface area contributed by atoms with Crippen LogP contribution in [-0.2, 0) is 9.59 Å². The Morgan fingerprint density at radius 3 is 1.82 bits per heavy atom. The van der Waals surface area contributed by atoms with E-state index in [2.05, 4.69) is 13.2 Å². The molecule has 0 bridgehead atoms. The summed E-state index contributed by atoms with van der Waals surface area (Å²) in [5, 5.41) is 9.63. The molecule has 0 fully saturated rings. The molecule has 0 aliphatic carbocycles. The summed E-state index contributed by atoms with van der Waals surface area (Å²) < 4.78 is 16.6. The van der Waals surface area contributed by atoms with Gasteiger partial charge in [-0.3, -0.25) is 0 Å². The summed E-state index contributed by atoms with van der Waals surface area (Å²) in [6, 6.07) is 25.2. The van der Waals surface area contributed by atoms with Crippen LogP contribution in [0, 0.1) is 0 Å². The van der Waals surface area contributed by atoms with E-state index < -0.39 is 11.9 Å². The molecule has 1 N–H and O–H groups in total. The summed E-state index contributed by atoms with van der Waals surface area (Å²) in [6.07, 6.45) is 1.56. The summed E-state index contributed by atoms with van der Waals surface area (Å²) in [5.74, 6) is 0.530. The van der Waals surface area contributed by atoms with Crippen LogP contribution in [0.15, 0.2) is 110 Å². The molecule has 39 heavy (non-hydrogen) atoms. The van der Waals surface area contributed by atoms with Crippen LogP contribution in [0.4, 0.5) is 0 Å². The topological polar surface area (TPSA) is 82.1 Å². The zero-order chi connectivity index (χ0) is 27.9. The van der Waals surface area contributed by atoms with E-state index >= 15 is 0 Å². The van der Waals surface area contributed by atoms with E-state index in [0.717, 1.165) is 33.9 Å². The first-order valence-corrected chi connectivity index (χ1v) is 12.3. The molecule has 0 heterocycles. The SMILES string of the molecule is C=CC(=O)Oc1ccc(-c2ccc(-c3ccc(-c4ccc(O)cc4)c(OC)c3)cc2OC(=O)C(=C)CC)cc1. The van der Waals surface area contributed by atoms with Gasteiger partial charge in [0, 0.05) is 22.8 Å². The smallest absolute Gasteiger partial charge is 0.338 e. The predicted octanol–water partition coefficient (Wildman–Crippen LogP) is 7.36. The molecule has 0 spiro atoms. The molecule has 0 aliphatic rings. The van der Waals surface area contributed by atoms with E-state index in [-0.39, 0.29) is 5.75 Å². The van der Waals surface area contributed by atoms with Crippen molar-refractivity contribution in [2.24, 2.45) is 0 Å². The van der Waals surface area contributed by atoms with Gasteiger partial charge in [0.2, 0.25) is 0 Å². The normalized spacial score (nSPS) is 10.4. The summed E-state index contributed by atoms with van der Waals surface area (Å²) in [7, 11) is 1.60. The fourth-order valence-corrected chi connectivity index (χ4v) is 3.95. The number of benzene rings is 4. The van der Waals surface area contributed by atoms with Gasteiger partial charge >= 0.3 is 11.9 Å². The van der Waals surface area contributed by atoms with Crippen molar-refractivity contribution in [2.45, 2.75) is 13.3 Å². The minimum absolute atomic E-state index is 0.190. The van der Waals surface area contributed by atoms with Crippen molar-refractivity contribution in [2.75, 3.05) is 7.11 Å². The van der Waals surface area contributed by atoms with Crippen LogP contribution in [0.3, 0.4) is 0 Å². The van der Waals surface area contributed by atoms with Crippen molar-refractivity contribution in [1.29, 1.82) is 0 Å². The van der Waals surface area contributed by atoms with Gasteiger partial charge in [0.1, 0.15) is 23.0 Å². The second-order valence-corrected chi connectivity index (χ2v) is 8.67. The molecule has 4 rings (SSSR count). The molecule has 4 aromatic rings. The fraction of sp³-hybridized carbons (Fsp3) is 0.0909. The molecule has 0 saturated heterocycles. The van der Waals surface area contributed by atoms with Gasteiger partial charge in [-0.05, 0) is 65.1 Å². The minimum atomic E-state index is -0.549. The van der Waals surface area contributed by atoms with Crippen molar-refractivity contribution < 1.29 is 28.9 Å². The van der Waals surface area contributed by atoms with Crippen LogP contribution < -0.4 is 14.2 Å². The second kappa shape index (κ2) is 12.0. The van der Waals surface area contributed by atoms with Crippen molar-refractivity contribution in [1.82, 2.24) is 0 Å². The monoisotopic (exact) mass is 520 g/mol. The standard InChI is InChI=1S/C33H28O6/c1-5-21(3)33(36)39-31-20-25(12-18-29(31)23-9-15-27(16-10-23)38-32(35)6-2)24-11-17-28(30(19-24)37-4)22-7-13-26(34)14-8-22/h6-20,34H,2-3,5H2,1,4H3. The van der Waals surface area contributed by atoms with Gasteiger partial charge in [-0.25, -0.2) is 9.59 Å². The van der Waals surface area contributed by atoms with Gasteiger partial charge in [0.05, 0.1) is 7.11 Å². The third kappa shape index (κ3) is 6.25. The van der Waals surface area contributed by atoms with Gasteiger partial charge in [0.25, 0.3) is 0 Å². The highest BCUT2D eigenvalue weighted by Crippen LogP contribution is 2.39. The van der Waals surface area contributed by atoms with Gasteiger partial charge in [-0.1, -0.05) is 68.6 Å². The number of carbonyl (C=O) groups is 2. The van der Waals surface area contributed by atoms with E-state index in [9.17, 15) is 14.7 Å². The van der Waals surface area contributed by atoms with Crippen molar-refractivity contribution >= 4 is 11.9 Å². The number of phenolic OH excluding ortho intramolecular Hbond substituents is 1. The molecule has 196 valence electrons. The molecule has 0 unspecified atom stereocenters. The third-order valence-electron chi connectivity index (χ3n) is 6.16. The Morgan fingerprint density at radius 2 is 1.28 bits per heavy atom. The Balaban J connectivity index is 1.74. The molecule has 0 amide bonds. The van der Waals surface area contributed by atoms with Crippen LogP contribution in [0.2, 0.25) is 0 Å². The number of hydrogen-bond acceptors (Lipinski definition) is 6. The Morgan fingerprint density at radius 1 is 0.769 bits per heavy atom. The number of hydrogen-bond donors (Lipinski definition) is 1. The Kier molecular flexibility index (Phi) is 8.27. The maximum atomic E-state index is 12.7. The Labute approximate surface area is 227 Å². The highest BCUT2D eigenvalue weighted by atomic mass is 16.5. The minimum Gasteiger partial charge on any atom is -0.508 e. The van der Waals surface area contributed by atoms with Gasteiger partial charge in [0.15, 0.2) is 0 Å². The van der Waals surface area contributed by atoms with Crippen LogP contribution in [0.1, 0.15) is 13.3 Å². The summed E-state index contributed by atoms with van der Waals surface area (Å²) in [6.45, 7) is 9.04. The lowest BCUT2D eigenvalue weighted by atomic mass is 9.96. The molecule has 6 nitrogen and oxygen atoms in total. The van der Waals surface area contributed by atoms with Gasteiger partial charge < -0.3 is 19.3 Å². The van der Waals surface area contributed by atoms with E-state index in [4.69, 9.17) is 14.2 Å². The number of phenols is 1. The lowest BCUT2D eigenvalue weighted by molar-refractivity contribution is -0.130. The lowest BCUT2D eigenvalue weighted by Crippen LogP contribution is -2.10. The molecule has 4 aromatic carbocycles. The third-order valence-corrected chi connectivity index (χ3v) is 6.16. The molecule has 0 aliphatic heterocycles. The first kappa shape index (κ1) is 26.9. The van der Waals surface area contributed by atoms with Crippen LogP contribution in [0.25, 0.3) is 33.4 Å². The van der Waals surface area contributed by atoms with E-state index in [1.54, 1.807) is 49.6 Å². The highest BCUT2D eigenvalue weighted by Gasteiger charge is 2.16. The van der Waals surface area contributed by atoms with E-state index in [1.807, 2.05) is 49.4 Å². The number of aromatic hydroxyl groups is 1. The van der Waals surface area contributed by atoms with Crippen molar-refractivity contribution in [3.8, 4) is 56.4 Å². The molecule has 0 saturated carbocycles. The zero-order valence-corrected chi connectivity index (χ0v) is 21.8. The quantitative estimate of drug-likeness (QED) is 0.141. The summed E-state index contributed by atoms with van der Waals surface area (Å²) in [4.78, 5) is 24.2. The fourth-order valence-electron chi connectivity index (χ4n) is 3.95. The maximum absolute atomic E-state index is 12.7. The largest absolute Gasteiger partial charge is 0.508 e. The number of rotatable bonds is 9. The zero-order valence-electron chi connectivity index (χ0n) is 21.8. The van der Waals surface area contributed by atoms with Gasteiger partial charge in [-0.2, -0.15) is 0 Å². The molecule has 6 heteroatoms. The molecular formula is C33H28O6. The predicted molar refractivity (Wildman–Crippen MR) is 152 cm³/mol. The van der Waals surface area contributed by atoms with E-state index in [0.29, 0.717) is 34.8 Å². The summed E-state index contributed by atoms with van der Waals surface area (Å²) >= 11 is 0. The average Bonchev–Trinajstić information content (AvgIpc) is 2.97. The lowest BCUT2D eigenvalue weighted by Gasteiger charge is -2.15. The molecule has 0 aromatic heterocycles. The number of carbonyl (C=O) groups excluding carboxylic acids is 2. The molecule has 0 atom stereocenters. The Bertz CT molecular complexity index is 1530. The van der Waals surface area contributed by atoms with Crippen LogP contribution >= 0.6 is 0 Å². The maximum Gasteiger partial charge on any atom is 0.338 e. The van der Waals surface area contributed by atoms with Gasteiger partial charge in [-0.15, -0.1) is 0 Å². The number of esters is 2. The summed E-state index contributed by atoms with van der Waals surface area (Å²) in [5.41, 5.74) is 5.27. The number of methoxy groups -OCH3 is 1. The molecule has 0 radical (unpaired) electrons. The number of ether oxygens (including phenoxy) is 3. The second-order valence-electron chi connectivity index (χ2n) is 8.67. The average molecular weight is 521 g/mol.